The summed E-state index contributed by atoms with van der Waals surface area (Å²) in [4.78, 5) is 1.42. The third-order valence-electron chi connectivity index (χ3n) is 3.25. The maximum atomic E-state index is 6.49. The first-order valence-electron chi connectivity index (χ1n) is 5.70. The summed E-state index contributed by atoms with van der Waals surface area (Å²) in [5.41, 5.74) is 6.56. The van der Waals surface area contributed by atoms with E-state index in [0.717, 1.165) is 6.42 Å². The second kappa shape index (κ2) is 4.98. The fourth-order valence-corrected chi connectivity index (χ4v) is 4.01. The van der Waals surface area contributed by atoms with Crippen LogP contribution in [0.25, 0.3) is 0 Å². The first-order valence-corrected chi connectivity index (χ1v) is 7.37. The van der Waals surface area contributed by atoms with Crippen molar-refractivity contribution in [2.45, 2.75) is 50.5 Å². The van der Waals surface area contributed by atoms with Gasteiger partial charge in [0.2, 0.25) is 0 Å². The van der Waals surface area contributed by atoms with Gasteiger partial charge in [-0.1, -0.05) is 25.7 Å². The van der Waals surface area contributed by atoms with Gasteiger partial charge in [-0.3, -0.25) is 0 Å². The molecule has 1 saturated carbocycles. The van der Waals surface area contributed by atoms with E-state index in [4.69, 9.17) is 5.73 Å². The second-order valence-corrected chi connectivity index (χ2v) is 6.60. The van der Waals surface area contributed by atoms with Crippen LogP contribution in [-0.2, 0) is 6.42 Å². The van der Waals surface area contributed by atoms with E-state index in [1.807, 2.05) is 11.3 Å². The van der Waals surface area contributed by atoms with Crippen LogP contribution < -0.4 is 5.73 Å². The van der Waals surface area contributed by atoms with Gasteiger partial charge in [0.1, 0.15) is 0 Å². The molecule has 2 N–H and O–H groups in total. The summed E-state index contributed by atoms with van der Waals surface area (Å²) < 4.78 is 1.19. The summed E-state index contributed by atoms with van der Waals surface area (Å²) >= 11 is 5.32. The molecule has 1 aliphatic carbocycles. The Morgan fingerprint density at radius 2 is 1.93 bits per heavy atom. The van der Waals surface area contributed by atoms with Crippen LogP contribution in [-0.4, -0.2) is 5.54 Å². The SMILES string of the molecule is NC1(Cc2cc(Br)cs2)CCCCCC1. The van der Waals surface area contributed by atoms with Gasteiger partial charge in [0.05, 0.1) is 0 Å². The lowest BCUT2D eigenvalue weighted by atomic mass is 9.87. The van der Waals surface area contributed by atoms with Crippen molar-refractivity contribution in [3.8, 4) is 0 Å². The number of thiophene rings is 1. The summed E-state index contributed by atoms with van der Waals surface area (Å²) in [6.45, 7) is 0. The fourth-order valence-electron chi connectivity index (χ4n) is 2.40. The monoisotopic (exact) mass is 287 g/mol. The summed E-state index contributed by atoms with van der Waals surface area (Å²) in [6, 6.07) is 2.21. The Labute approximate surface area is 104 Å². The van der Waals surface area contributed by atoms with Gasteiger partial charge < -0.3 is 5.73 Å². The molecular weight excluding hydrogens is 270 g/mol. The van der Waals surface area contributed by atoms with Gasteiger partial charge in [-0.25, -0.2) is 0 Å². The van der Waals surface area contributed by atoms with E-state index in [9.17, 15) is 0 Å². The molecule has 0 aromatic carbocycles. The average molecular weight is 288 g/mol. The van der Waals surface area contributed by atoms with Crippen LogP contribution in [0.15, 0.2) is 15.9 Å². The van der Waals surface area contributed by atoms with E-state index in [2.05, 4.69) is 27.4 Å². The zero-order valence-electron chi connectivity index (χ0n) is 8.97. The largest absolute Gasteiger partial charge is 0.325 e. The number of halogens is 1. The minimum absolute atomic E-state index is 0.0702. The van der Waals surface area contributed by atoms with Gasteiger partial charge in [0.25, 0.3) is 0 Å². The van der Waals surface area contributed by atoms with Crippen molar-refractivity contribution in [1.29, 1.82) is 0 Å². The van der Waals surface area contributed by atoms with Crippen molar-refractivity contribution in [2.75, 3.05) is 0 Å². The number of rotatable bonds is 2. The first-order chi connectivity index (χ1) is 7.18. The fraction of sp³-hybridized carbons (Fsp3) is 0.667. The van der Waals surface area contributed by atoms with Crippen molar-refractivity contribution < 1.29 is 0 Å². The van der Waals surface area contributed by atoms with Gasteiger partial charge in [-0.15, -0.1) is 11.3 Å². The standard InChI is InChI=1S/C12H18BrNS/c13-10-7-11(15-9-10)8-12(14)5-3-1-2-4-6-12/h7,9H,1-6,8,14H2. The minimum Gasteiger partial charge on any atom is -0.325 e. The second-order valence-electron chi connectivity index (χ2n) is 4.68. The molecule has 1 nitrogen and oxygen atoms in total. The summed E-state index contributed by atoms with van der Waals surface area (Å²) in [7, 11) is 0. The molecule has 0 saturated heterocycles. The molecule has 1 fully saturated rings. The molecule has 0 unspecified atom stereocenters. The lowest BCUT2D eigenvalue weighted by Crippen LogP contribution is -2.41. The summed E-state index contributed by atoms with van der Waals surface area (Å²) in [5, 5.41) is 2.15. The van der Waals surface area contributed by atoms with Gasteiger partial charge in [-0.05, 0) is 41.3 Å². The van der Waals surface area contributed by atoms with Crippen molar-refractivity contribution in [1.82, 2.24) is 0 Å². The molecule has 84 valence electrons. The van der Waals surface area contributed by atoms with Crippen molar-refractivity contribution in [3.63, 3.8) is 0 Å². The molecule has 0 bridgehead atoms. The molecule has 0 aliphatic heterocycles. The average Bonchev–Trinajstić information content (AvgIpc) is 2.46. The van der Waals surface area contributed by atoms with E-state index in [1.54, 1.807) is 0 Å². The van der Waals surface area contributed by atoms with Gasteiger partial charge in [0, 0.05) is 20.3 Å². The Morgan fingerprint density at radius 1 is 1.27 bits per heavy atom. The van der Waals surface area contributed by atoms with Crippen molar-refractivity contribution in [3.05, 3.63) is 20.8 Å². The molecular formula is C12H18BrNS. The van der Waals surface area contributed by atoms with E-state index in [-0.39, 0.29) is 5.54 Å². The highest BCUT2D eigenvalue weighted by Gasteiger charge is 2.26. The smallest absolute Gasteiger partial charge is 0.0285 e. The van der Waals surface area contributed by atoms with Crippen molar-refractivity contribution in [2.24, 2.45) is 5.73 Å². The van der Waals surface area contributed by atoms with Crippen LogP contribution in [0.5, 0.6) is 0 Å². The maximum absolute atomic E-state index is 6.49. The summed E-state index contributed by atoms with van der Waals surface area (Å²) in [5.74, 6) is 0. The topological polar surface area (TPSA) is 26.0 Å². The Balaban J connectivity index is 2.02. The highest BCUT2D eigenvalue weighted by molar-refractivity contribution is 9.10. The third-order valence-corrected chi connectivity index (χ3v) is 4.95. The quantitative estimate of drug-likeness (QED) is 0.814. The molecule has 15 heavy (non-hydrogen) atoms. The van der Waals surface area contributed by atoms with Crippen molar-refractivity contribution >= 4 is 27.3 Å². The van der Waals surface area contributed by atoms with Gasteiger partial charge in [0.15, 0.2) is 0 Å². The molecule has 1 aromatic heterocycles. The van der Waals surface area contributed by atoms with Crippen LogP contribution in [0.1, 0.15) is 43.4 Å². The minimum atomic E-state index is 0.0702. The molecule has 0 spiro atoms. The van der Waals surface area contributed by atoms with Crippen LogP contribution in [0.4, 0.5) is 0 Å². The maximum Gasteiger partial charge on any atom is 0.0285 e. The first kappa shape index (κ1) is 11.6. The lowest BCUT2D eigenvalue weighted by molar-refractivity contribution is 0.371. The Kier molecular flexibility index (Phi) is 3.86. The molecule has 0 amide bonds. The van der Waals surface area contributed by atoms with Crippen LogP contribution in [0, 0.1) is 0 Å². The predicted molar refractivity (Wildman–Crippen MR) is 70.3 cm³/mol. The van der Waals surface area contributed by atoms with Crippen LogP contribution >= 0.6 is 27.3 Å². The molecule has 1 aliphatic rings. The lowest BCUT2D eigenvalue weighted by Gasteiger charge is -2.27. The Hall–Kier alpha value is 0.140. The molecule has 1 aromatic rings. The van der Waals surface area contributed by atoms with Gasteiger partial charge >= 0.3 is 0 Å². The van der Waals surface area contributed by atoms with E-state index >= 15 is 0 Å². The Morgan fingerprint density at radius 3 is 2.47 bits per heavy atom. The van der Waals surface area contributed by atoms with Gasteiger partial charge in [-0.2, -0.15) is 0 Å². The normalized spacial score (nSPS) is 21.2. The van der Waals surface area contributed by atoms with Crippen LogP contribution in [0.3, 0.4) is 0 Å². The Bertz CT molecular complexity index is 313. The highest BCUT2D eigenvalue weighted by Crippen LogP contribution is 2.31. The van der Waals surface area contributed by atoms with E-state index < -0.39 is 0 Å². The number of hydrogen-bond acceptors (Lipinski definition) is 2. The predicted octanol–water partition coefficient (Wildman–Crippen LogP) is 4.10. The van der Waals surface area contributed by atoms with E-state index in [1.165, 1.54) is 47.9 Å². The number of nitrogens with two attached hydrogens (primary N) is 1. The number of hydrogen-bond donors (Lipinski definition) is 1. The molecule has 3 heteroatoms. The zero-order valence-corrected chi connectivity index (χ0v) is 11.4. The van der Waals surface area contributed by atoms with Crippen LogP contribution in [0.2, 0.25) is 0 Å². The molecule has 0 radical (unpaired) electrons. The van der Waals surface area contributed by atoms with E-state index in [0.29, 0.717) is 0 Å². The highest BCUT2D eigenvalue weighted by atomic mass is 79.9. The summed E-state index contributed by atoms with van der Waals surface area (Å²) in [6.07, 6.45) is 8.81. The molecule has 1 heterocycles. The molecule has 0 atom stereocenters. The zero-order chi connectivity index (χ0) is 10.7. The molecule has 2 rings (SSSR count). The third kappa shape index (κ3) is 3.30.